The second-order valence-electron chi connectivity index (χ2n) is 2.51. The summed E-state index contributed by atoms with van der Waals surface area (Å²) in [6.07, 6.45) is 0. The standard InChI is InChI=1S/C9H11NOS2/c1-11-8-4-2-7(3-5-8)6-10-9(12)13/h2-5H,6H2,1H3,(H2,10,12,13). The van der Waals surface area contributed by atoms with Gasteiger partial charge in [-0.05, 0) is 17.7 Å². The average Bonchev–Trinajstić information content (AvgIpc) is 2.15. The number of hydrogen-bond donors (Lipinski definition) is 2. The number of hydrogen-bond acceptors (Lipinski definition) is 2. The van der Waals surface area contributed by atoms with Crippen molar-refractivity contribution < 1.29 is 4.74 Å². The minimum Gasteiger partial charge on any atom is -0.497 e. The molecule has 13 heavy (non-hydrogen) atoms. The largest absolute Gasteiger partial charge is 0.497 e. The molecule has 0 heterocycles. The number of rotatable bonds is 3. The van der Waals surface area contributed by atoms with Crippen LogP contribution in [0.4, 0.5) is 0 Å². The molecule has 0 bridgehead atoms. The van der Waals surface area contributed by atoms with Crippen LogP contribution in [0.5, 0.6) is 5.75 Å². The lowest BCUT2D eigenvalue weighted by atomic mass is 10.2. The monoisotopic (exact) mass is 213 g/mol. The van der Waals surface area contributed by atoms with Gasteiger partial charge in [-0.15, -0.1) is 12.6 Å². The van der Waals surface area contributed by atoms with Crippen LogP contribution in [-0.4, -0.2) is 11.4 Å². The normalized spacial score (nSPS) is 9.38. The van der Waals surface area contributed by atoms with Gasteiger partial charge in [0.2, 0.25) is 0 Å². The van der Waals surface area contributed by atoms with Gasteiger partial charge in [0.15, 0.2) is 0 Å². The van der Waals surface area contributed by atoms with E-state index in [0.717, 1.165) is 11.3 Å². The Labute approximate surface area is 88.7 Å². The van der Waals surface area contributed by atoms with E-state index in [-0.39, 0.29) is 0 Å². The van der Waals surface area contributed by atoms with Crippen LogP contribution in [0, 0.1) is 0 Å². The predicted octanol–water partition coefficient (Wildman–Crippen LogP) is 2.00. The molecule has 0 amide bonds. The molecule has 0 atom stereocenters. The third kappa shape index (κ3) is 3.65. The molecule has 70 valence electrons. The van der Waals surface area contributed by atoms with E-state index in [1.807, 2.05) is 24.3 Å². The minimum absolute atomic E-state index is 0.510. The highest BCUT2D eigenvalue weighted by molar-refractivity contribution is 8.11. The van der Waals surface area contributed by atoms with Gasteiger partial charge in [0, 0.05) is 6.54 Å². The van der Waals surface area contributed by atoms with E-state index in [9.17, 15) is 0 Å². The molecule has 0 radical (unpaired) electrons. The van der Waals surface area contributed by atoms with Gasteiger partial charge in [-0.1, -0.05) is 24.4 Å². The molecule has 0 aliphatic rings. The Balaban J connectivity index is 2.54. The predicted molar refractivity (Wildman–Crippen MR) is 61.4 cm³/mol. The van der Waals surface area contributed by atoms with E-state index in [4.69, 9.17) is 17.0 Å². The Kier molecular flexibility index (Phi) is 4.05. The summed E-state index contributed by atoms with van der Waals surface area (Å²) < 4.78 is 5.54. The van der Waals surface area contributed by atoms with Crippen molar-refractivity contribution >= 4 is 29.2 Å². The molecule has 4 heteroatoms. The maximum Gasteiger partial charge on any atom is 0.130 e. The van der Waals surface area contributed by atoms with Gasteiger partial charge in [0.1, 0.15) is 10.1 Å². The van der Waals surface area contributed by atoms with Crippen LogP contribution in [0.2, 0.25) is 0 Å². The summed E-state index contributed by atoms with van der Waals surface area (Å²) in [5.74, 6) is 0.859. The smallest absolute Gasteiger partial charge is 0.130 e. The van der Waals surface area contributed by atoms with Crippen molar-refractivity contribution in [2.75, 3.05) is 7.11 Å². The lowest BCUT2D eigenvalue weighted by Gasteiger charge is -2.04. The van der Waals surface area contributed by atoms with Crippen molar-refractivity contribution in [1.29, 1.82) is 0 Å². The Morgan fingerprint density at radius 1 is 1.46 bits per heavy atom. The molecular weight excluding hydrogens is 202 g/mol. The fraction of sp³-hybridized carbons (Fsp3) is 0.222. The summed E-state index contributed by atoms with van der Waals surface area (Å²) in [4.78, 5) is 0. The van der Waals surface area contributed by atoms with Crippen LogP contribution in [0.15, 0.2) is 24.3 Å². The van der Waals surface area contributed by atoms with E-state index < -0.39 is 0 Å². The third-order valence-corrected chi connectivity index (χ3v) is 1.91. The van der Waals surface area contributed by atoms with Crippen LogP contribution in [0.3, 0.4) is 0 Å². The molecule has 0 aliphatic carbocycles. The SMILES string of the molecule is COc1ccc(CNC(=S)S)cc1. The fourth-order valence-electron chi connectivity index (χ4n) is 0.921. The Hall–Kier alpha value is -0.740. The van der Waals surface area contributed by atoms with Gasteiger partial charge >= 0.3 is 0 Å². The topological polar surface area (TPSA) is 21.3 Å². The Morgan fingerprint density at radius 3 is 2.54 bits per heavy atom. The highest BCUT2D eigenvalue weighted by atomic mass is 32.1. The molecule has 0 spiro atoms. The molecule has 0 aromatic heterocycles. The number of methoxy groups -OCH3 is 1. The van der Waals surface area contributed by atoms with Crippen LogP contribution >= 0.6 is 24.8 Å². The lowest BCUT2D eigenvalue weighted by Crippen LogP contribution is -2.15. The van der Waals surface area contributed by atoms with Gasteiger partial charge in [-0.3, -0.25) is 0 Å². The van der Waals surface area contributed by atoms with Gasteiger partial charge in [-0.25, -0.2) is 0 Å². The number of thiol groups is 1. The number of ether oxygens (including phenoxy) is 1. The highest BCUT2D eigenvalue weighted by Gasteiger charge is 1.93. The Bertz CT molecular complexity index is 284. The molecule has 0 aliphatic heterocycles. The van der Waals surface area contributed by atoms with E-state index in [1.54, 1.807) is 7.11 Å². The van der Waals surface area contributed by atoms with Crippen LogP contribution < -0.4 is 10.1 Å². The maximum absolute atomic E-state index is 5.03. The third-order valence-electron chi connectivity index (χ3n) is 1.60. The second kappa shape index (κ2) is 5.09. The first-order valence-corrected chi connectivity index (χ1v) is 4.67. The van der Waals surface area contributed by atoms with Crippen molar-refractivity contribution in [2.45, 2.75) is 6.54 Å². The summed E-state index contributed by atoms with van der Waals surface area (Å²) in [7, 11) is 1.65. The van der Waals surface area contributed by atoms with Crippen LogP contribution in [0.25, 0.3) is 0 Å². The van der Waals surface area contributed by atoms with Crippen molar-refractivity contribution in [3.63, 3.8) is 0 Å². The van der Waals surface area contributed by atoms with Crippen LogP contribution in [-0.2, 0) is 6.54 Å². The van der Waals surface area contributed by atoms with Crippen molar-refractivity contribution in [3.05, 3.63) is 29.8 Å². The van der Waals surface area contributed by atoms with Crippen molar-refractivity contribution in [1.82, 2.24) is 5.32 Å². The van der Waals surface area contributed by atoms with E-state index in [2.05, 4.69) is 17.9 Å². The zero-order valence-electron chi connectivity index (χ0n) is 7.28. The highest BCUT2D eigenvalue weighted by Crippen LogP contribution is 2.10. The van der Waals surface area contributed by atoms with E-state index in [0.29, 0.717) is 10.9 Å². The first-order chi connectivity index (χ1) is 6.22. The summed E-state index contributed by atoms with van der Waals surface area (Å²) >= 11 is 8.73. The second-order valence-corrected chi connectivity index (χ2v) is 3.66. The number of thiocarbonyl (C=S) groups is 1. The number of nitrogens with one attached hydrogen (secondary N) is 1. The zero-order valence-corrected chi connectivity index (χ0v) is 8.99. The van der Waals surface area contributed by atoms with Crippen molar-refractivity contribution in [2.24, 2.45) is 0 Å². The average molecular weight is 213 g/mol. The molecule has 1 N–H and O–H groups in total. The molecule has 1 aromatic carbocycles. The van der Waals surface area contributed by atoms with Gasteiger partial charge < -0.3 is 10.1 Å². The lowest BCUT2D eigenvalue weighted by molar-refractivity contribution is 0.414. The van der Waals surface area contributed by atoms with Gasteiger partial charge in [-0.2, -0.15) is 0 Å². The molecule has 1 rings (SSSR count). The Morgan fingerprint density at radius 2 is 2.08 bits per heavy atom. The summed E-state index contributed by atoms with van der Waals surface area (Å²) in [5, 5.41) is 2.95. The summed E-state index contributed by atoms with van der Waals surface area (Å²) in [6, 6.07) is 7.80. The molecule has 0 saturated carbocycles. The summed E-state index contributed by atoms with van der Waals surface area (Å²) in [5.41, 5.74) is 1.15. The van der Waals surface area contributed by atoms with E-state index >= 15 is 0 Å². The molecule has 0 unspecified atom stereocenters. The molecular formula is C9H11NOS2. The van der Waals surface area contributed by atoms with Crippen molar-refractivity contribution in [3.8, 4) is 5.75 Å². The van der Waals surface area contributed by atoms with E-state index in [1.165, 1.54) is 0 Å². The van der Waals surface area contributed by atoms with Crippen LogP contribution in [0.1, 0.15) is 5.56 Å². The molecule has 0 saturated heterocycles. The van der Waals surface area contributed by atoms with Gasteiger partial charge in [0.25, 0.3) is 0 Å². The fourth-order valence-corrected chi connectivity index (χ4v) is 1.07. The first kappa shape index (κ1) is 10.3. The first-order valence-electron chi connectivity index (χ1n) is 3.82. The molecule has 1 aromatic rings. The zero-order chi connectivity index (χ0) is 9.68. The quantitative estimate of drug-likeness (QED) is 0.592. The number of benzene rings is 1. The van der Waals surface area contributed by atoms with Gasteiger partial charge in [0.05, 0.1) is 7.11 Å². The maximum atomic E-state index is 5.03. The molecule has 2 nitrogen and oxygen atoms in total. The minimum atomic E-state index is 0.510. The summed E-state index contributed by atoms with van der Waals surface area (Å²) in [6.45, 7) is 0.701. The molecule has 0 fully saturated rings.